The average molecular weight is 584 g/mol. The largest absolute Gasteiger partial charge is 0.359 e. The van der Waals surface area contributed by atoms with Gasteiger partial charge in [-0.05, 0) is 87.2 Å². The predicted octanol–water partition coefficient (Wildman–Crippen LogP) is 5.79. The molecule has 0 fully saturated rings. The zero-order valence-electron chi connectivity index (χ0n) is 26.1. The Bertz CT molecular complexity index is 1470. The van der Waals surface area contributed by atoms with Gasteiger partial charge >= 0.3 is 0 Å². The summed E-state index contributed by atoms with van der Waals surface area (Å²) in [5.74, 6) is -0.350. The van der Waals surface area contributed by atoms with Crippen LogP contribution in [0.15, 0.2) is 48.5 Å². The minimum Gasteiger partial charge on any atom is -0.359 e. The number of hydrogen-bond donors (Lipinski definition) is 4. The summed E-state index contributed by atoms with van der Waals surface area (Å²) in [4.78, 5) is 44.5. The topological polar surface area (TPSA) is 106 Å². The van der Waals surface area contributed by atoms with E-state index in [2.05, 4.69) is 39.7 Å². The highest BCUT2D eigenvalue weighted by Gasteiger charge is 2.27. The van der Waals surface area contributed by atoms with E-state index < -0.39 is 0 Å². The quantitative estimate of drug-likeness (QED) is 0.180. The lowest BCUT2D eigenvalue weighted by Crippen LogP contribution is -2.35. The van der Waals surface area contributed by atoms with Crippen LogP contribution in [0.5, 0.6) is 0 Å². The Kier molecular flexibility index (Phi) is 11.0. The summed E-state index contributed by atoms with van der Waals surface area (Å²) >= 11 is 0. The van der Waals surface area contributed by atoms with E-state index in [-0.39, 0.29) is 23.8 Å². The van der Waals surface area contributed by atoms with Crippen molar-refractivity contribution in [1.29, 1.82) is 0 Å². The van der Waals surface area contributed by atoms with Gasteiger partial charge in [0.15, 0.2) is 0 Å². The van der Waals surface area contributed by atoms with Crippen molar-refractivity contribution in [2.75, 3.05) is 31.5 Å². The Labute approximate surface area is 255 Å². The van der Waals surface area contributed by atoms with Gasteiger partial charge in [0.05, 0.1) is 11.6 Å². The van der Waals surface area contributed by atoms with Crippen LogP contribution in [0.1, 0.15) is 90.1 Å². The lowest BCUT2D eigenvalue weighted by atomic mass is 10.00. The van der Waals surface area contributed by atoms with Crippen molar-refractivity contribution < 1.29 is 14.4 Å². The molecule has 0 spiro atoms. The van der Waals surface area contributed by atoms with E-state index in [1.165, 1.54) is 0 Å². The standard InChI is InChI=1S/C35H45N5O3/c1-6-19-40(8-3)20-18-36-33(41)17-15-27-23(4)32(37-24(27)5)22-29-28-21-26(14-16-31(28)39-35(29)43)34(42)38-30(7-2)25-12-10-9-11-13-25/h9-14,16,21-22,30,37H,6-8,15,17-20H2,1-5H3,(H,36,41)(H,38,42)(H,39,43)/b29-22-/t30-/m1/s1. The number of anilines is 1. The second-order valence-electron chi connectivity index (χ2n) is 11.2. The highest BCUT2D eigenvalue weighted by Crippen LogP contribution is 2.35. The van der Waals surface area contributed by atoms with Gasteiger partial charge in [-0.25, -0.2) is 0 Å². The van der Waals surface area contributed by atoms with Crippen LogP contribution in [0.3, 0.4) is 0 Å². The highest BCUT2D eigenvalue weighted by atomic mass is 16.2. The van der Waals surface area contributed by atoms with E-state index in [1.54, 1.807) is 18.2 Å². The van der Waals surface area contributed by atoms with Gasteiger partial charge in [0.1, 0.15) is 0 Å². The Hall–Kier alpha value is -4.17. The summed E-state index contributed by atoms with van der Waals surface area (Å²) in [6, 6.07) is 15.1. The highest BCUT2D eigenvalue weighted by molar-refractivity contribution is 6.35. The number of benzene rings is 2. The molecule has 8 heteroatoms. The van der Waals surface area contributed by atoms with Crippen molar-refractivity contribution in [3.8, 4) is 0 Å². The second-order valence-corrected chi connectivity index (χ2v) is 11.2. The summed E-state index contributed by atoms with van der Waals surface area (Å²) < 4.78 is 0. The molecule has 3 aromatic rings. The summed E-state index contributed by atoms with van der Waals surface area (Å²) in [7, 11) is 0. The van der Waals surface area contributed by atoms with E-state index in [4.69, 9.17) is 0 Å². The van der Waals surface area contributed by atoms with Crippen LogP contribution in [0.25, 0.3) is 11.6 Å². The van der Waals surface area contributed by atoms with Gasteiger partial charge in [0.25, 0.3) is 11.8 Å². The fourth-order valence-electron chi connectivity index (χ4n) is 5.72. The normalized spacial score (nSPS) is 14.1. The minimum atomic E-state index is -0.208. The van der Waals surface area contributed by atoms with E-state index in [0.717, 1.165) is 60.6 Å². The molecule has 1 aliphatic heterocycles. The van der Waals surface area contributed by atoms with E-state index >= 15 is 0 Å². The fraction of sp³-hybridized carbons (Fsp3) is 0.400. The molecule has 8 nitrogen and oxygen atoms in total. The average Bonchev–Trinajstić information content (AvgIpc) is 3.47. The molecule has 1 atom stereocenters. The molecular weight excluding hydrogens is 538 g/mol. The first-order chi connectivity index (χ1) is 20.7. The molecule has 4 N–H and O–H groups in total. The predicted molar refractivity (Wildman–Crippen MR) is 174 cm³/mol. The number of rotatable bonds is 14. The molecule has 0 saturated heterocycles. The Morgan fingerprint density at radius 1 is 1.02 bits per heavy atom. The minimum absolute atomic E-state index is 0.0416. The summed E-state index contributed by atoms with van der Waals surface area (Å²) in [5, 5.41) is 9.10. The van der Waals surface area contributed by atoms with Crippen LogP contribution in [0.2, 0.25) is 0 Å². The van der Waals surface area contributed by atoms with E-state index in [1.807, 2.05) is 57.2 Å². The maximum absolute atomic E-state index is 13.2. The molecule has 1 aromatic heterocycles. The van der Waals surface area contributed by atoms with Crippen molar-refractivity contribution in [2.24, 2.45) is 0 Å². The van der Waals surface area contributed by atoms with Crippen LogP contribution in [-0.4, -0.2) is 53.8 Å². The number of aromatic nitrogens is 1. The molecule has 0 saturated carbocycles. The maximum Gasteiger partial charge on any atom is 0.256 e. The van der Waals surface area contributed by atoms with Crippen molar-refractivity contribution in [1.82, 2.24) is 20.5 Å². The van der Waals surface area contributed by atoms with Crippen molar-refractivity contribution in [3.63, 3.8) is 0 Å². The fourth-order valence-corrected chi connectivity index (χ4v) is 5.72. The molecule has 228 valence electrons. The lowest BCUT2D eigenvalue weighted by Gasteiger charge is -2.19. The van der Waals surface area contributed by atoms with Crippen molar-refractivity contribution in [2.45, 2.75) is 66.3 Å². The Balaban J connectivity index is 1.46. The molecule has 0 aliphatic carbocycles. The smallest absolute Gasteiger partial charge is 0.256 e. The number of carbonyl (C=O) groups is 3. The van der Waals surface area contributed by atoms with Crippen LogP contribution in [0, 0.1) is 13.8 Å². The molecule has 1 aliphatic rings. The van der Waals surface area contributed by atoms with Gasteiger partial charge in [-0.2, -0.15) is 0 Å². The zero-order valence-corrected chi connectivity index (χ0v) is 26.1. The summed E-state index contributed by atoms with van der Waals surface area (Å²) in [5.41, 5.74) is 7.34. The Morgan fingerprint density at radius 3 is 2.49 bits per heavy atom. The lowest BCUT2D eigenvalue weighted by molar-refractivity contribution is -0.121. The van der Waals surface area contributed by atoms with Crippen LogP contribution in [-0.2, 0) is 16.0 Å². The van der Waals surface area contributed by atoms with Crippen LogP contribution >= 0.6 is 0 Å². The maximum atomic E-state index is 13.2. The number of nitrogens with zero attached hydrogens (tertiary/aromatic N) is 1. The number of hydrogen-bond acceptors (Lipinski definition) is 4. The molecular formula is C35H45N5O3. The van der Waals surface area contributed by atoms with Gasteiger partial charge in [0.2, 0.25) is 5.91 Å². The molecule has 4 rings (SSSR count). The van der Waals surface area contributed by atoms with Gasteiger partial charge in [0, 0.05) is 47.7 Å². The first kappa shape index (κ1) is 31.8. The zero-order chi connectivity index (χ0) is 30.9. The van der Waals surface area contributed by atoms with Crippen molar-refractivity contribution in [3.05, 3.63) is 87.7 Å². The first-order valence-corrected chi connectivity index (χ1v) is 15.5. The summed E-state index contributed by atoms with van der Waals surface area (Å²) in [6.45, 7) is 13.9. The number of likely N-dealkylation sites (N-methyl/N-ethyl adjacent to an activating group) is 1. The molecule has 3 amide bonds. The summed E-state index contributed by atoms with van der Waals surface area (Å²) in [6.07, 6.45) is 4.73. The second kappa shape index (κ2) is 14.8. The number of fused-ring (bicyclic) bond motifs is 1. The molecule has 2 aromatic carbocycles. The molecule has 0 unspecified atom stereocenters. The van der Waals surface area contributed by atoms with Crippen molar-refractivity contribution >= 4 is 35.1 Å². The van der Waals surface area contributed by atoms with Gasteiger partial charge in [-0.3, -0.25) is 14.4 Å². The number of carbonyl (C=O) groups excluding carboxylic acids is 3. The van der Waals surface area contributed by atoms with E-state index in [0.29, 0.717) is 41.8 Å². The number of H-pyrrole nitrogens is 1. The Morgan fingerprint density at radius 2 is 1.79 bits per heavy atom. The molecule has 2 heterocycles. The van der Waals surface area contributed by atoms with Gasteiger partial charge in [-0.1, -0.05) is 51.1 Å². The number of nitrogens with one attached hydrogen (secondary N) is 4. The number of amides is 3. The molecule has 0 bridgehead atoms. The first-order valence-electron chi connectivity index (χ1n) is 15.5. The van der Waals surface area contributed by atoms with Crippen LogP contribution in [0.4, 0.5) is 5.69 Å². The number of aryl methyl sites for hydroxylation is 1. The van der Waals surface area contributed by atoms with E-state index in [9.17, 15) is 14.4 Å². The third kappa shape index (κ3) is 7.82. The molecule has 43 heavy (non-hydrogen) atoms. The van der Waals surface area contributed by atoms with Crippen LogP contribution < -0.4 is 16.0 Å². The molecule has 0 radical (unpaired) electrons. The third-order valence-electron chi connectivity index (χ3n) is 8.24. The van der Waals surface area contributed by atoms with Gasteiger partial charge < -0.3 is 25.8 Å². The third-order valence-corrected chi connectivity index (χ3v) is 8.24. The van der Waals surface area contributed by atoms with Gasteiger partial charge in [-0.15, -0.1) is 0 Å². The number of aromatic amines is 1. The monoisotopic (exact) mass is 583 g/mol. The SMILES string of the molecule is CCCN(CC)CCNC(=O)CCc1c(C)[nH]c(/C=C2\C(=O)Nc3ccc(C(=O)N[C@H](CC)c4ccccc4)cc32)c1C.